The van der Waals surface area contributed by atoms with Crippen molar-refractivity contribution in [2.45, 2.75) is 63.1 Å². The predicted octanol–water partition coefficient (Wildman–Crippen LogP) is 4.25. The molecular weight excluding hydrogens is 636 g/mol. The van der Waals surface area contributed by atoms with Gasteiger partial charge in [-0.2, -0.15) is 10.2 Å². The van der Waals surface area contributed by atoms with E-state index < -0.39 is 11.6 Å². The van der Waals surface area contributed by atoms with Gasteiger partial charge >= 0.3 is 0 Å². The fourth-order valence-electron chi connectivity index (χ4n) is 8.51. The zero-order chi connectivity index (χ0) is 32.8. The second-order valence-electron chi connectivity index (χ2n) is 14.0. The molecule has 0 radical (unpaired) electrons. The average molecular weight is 674 g/mol. The zero-order valence-corrected chi connectivity index (χ0v) is 27.8. The Balaban J connectivity index is 1.25. The highest BCUT2D eigenvalue weighted by Crippen LogP contribution is 2.48. The Labute approximate surface area is 280 Å². The molecule has 48 heavy (non-hydrogen) atoms. The number of benzene rings is 1. The quantitative estimate of drug-likeness (QED) is 0.316. The van der Waals surface area contributed by atoms with Crippen molar-refractivity contribution in [1.29, 1.82) is 5.26 Å². The van der Waals surface area contributed by atoms with E-state index in [-0.39, 0.29) is 62.7 Å². The molecule has 0 amide bonds. The van der Waals surface area contributed by atoms with Crippen LogP contribution in [0.5, 0.6) is 0 Å². The summed E-state index contributed by atoms with van der Waals surface area (Å²) in [5.74, 6) is 0.0998. The Bertz CT molecular complexity index is 2000. The van der Waals surface area contributed by atoms with Gasteiger partial charge in [-0.3, -0.25) is 9.88 Å². The predicted molar refractivity (Wildman–Crippen MR) is 180 cm³/mol. The lowest BCUT2D eigenvalue weighted by atomic mass is 9.93. The molecule has 8 heterocycles. The number of thiophene rings is 1. The molecule has 4 atom stereocenters. The molecule has 2 N–H and O–H groups in total. The summed E-state index contributed by atoms with van der Waals surface area (Å²) in [6, 6.07) is 2.90. The Hall–Kier alpha value is -3.74. The number of piperazine rings is 1. The largest absolute Gasteiger partial charge is 0.389 e. The summed E-state index contributed by atoms with van der Waals surface area (Å²) in [5.41, 5.74) is 8.28. The number of anilines is 3. The lowest BCUT2D eigenvalue weighted by molar-refractivity contribution is -0.0687. The lowest BCUT2D eigenvalue weighted by Crippen LogP contribution is -2.56. The molecule has 4 aromatic rings. The van der Waals surface area contributed by atoms with E-state index in [1.165, 1.54) is 0 Å². The summed E-state index contributed by atoms with van der Waals surface area (Å²) in [6.45, 7) is 5.49. The van der Waals surface area contributed by atoms with E-state index in [4.69, 9.17) is 25.2 Å². The number of ether oxygens (including phenoxy) is 2. The number of hydrogen-bond donors (Lipinski definition) is 1. The number of nitrogens with two attached hydrogens (primary N) is 1. The number of pyridine rings is 1. The van der Waals surface area contributed by atoms with Crippen LogP contribution in [0.1, 0.15) is 42.4 Å². The third-order valence-corrected chi connectivity index (χ3v) is 12.1. The molecule has 4 saturated heterocycles. The molecule has 14 heteroatoms. The van der Waals surface area contributed by atoms with Crippen LogP contribution in [-0.4, -0.2) is 102 Å². The number of likely N-dealkylation sites (tertiary alicyclic amines) is 1. The molecule has 2 unspecified atom stereocenters. The van der Waals surface area contributed by atoms with Crippen molar-refractivity contribution < 1.29 is 18.3 Å². The Kier molecular flexibility index (Phi) is 7.21. The fourth-order valence-corrected chi connectivity index (χ4v) is 9.43. The standard InChI is InChI=1S/C34H37F2N9O2S/c1-42(2)17-5-7-44(13-17)34-40-30-27(33(41-34)45-18-3-4-19(45)12-43(11-18)14-20-6-8-47-20)23-16-46-15-22(23)25(28(30)36)29-26-21(9-37)32(38)48-31(26)24(35)10-39-29/h10,17-20H,3-8,11-16,38H2,1-2H3/t17-,18?,19?,20+/m0/s1. The van der Waals surface area contributed by atoms with Gasteiger partial charge in [0.25, 0.3) is 0 Å². The molecule has 4 fully saturated rings. The molecule has 5 aliphatic heterocycles. The molecular formula is C34H37F2N9O2S. The van der Waals surface area contributed by atoms with Crippen LogP contribution in [0.2, 0.25) is 0 Å². The Morgan fingerprint density at radius 3 is 2.52 bits per heavy atom. The lowest BCUT2D eigenvalue weighted by Gasteiger charge is -2.44. The van der Waals surface area contributed by atoms with Crippen LogP contribution in [-0.2, 0) is 22.7 Å². The van der Waals surface area contributed by atoms with E-state index in [1.54, 1.807) is 0 Å². The summed E-state index contributed by atoms with van der Waals surface area (Å²) in [5, 5.41) is 11.1. The van der Waals surface area contributed by atoms with Gasteiger partial charge in [0.15, 0.2) is 11.6 Å². The van der Waals surface area contributed by atoms with E-state index in [2.05, 4.69) is 44.7 Å². The van der Waals surface area contributed by atoms with Crippen LogP contribution < -0.4 is 15.5 Å². The minimum Gasteiger partial charge on any atom is -0.389 e. The number of fused-ring (bicyclic) bond motifs is 6. The minimum atomic E-state index is -0.601. The van der Waals surface area contributed by atoms with Gasteiger partial charge in [0.05, 0.1) is 46.9 Å². The van der Waals surface area contributed by atoms with E-state index in [0.717, 1.165) is 93.9 Å². The van der Waals surface area contributed by atoms with Crippen LogP contribution in [0.4, 0.5) is 25.5 Å². The highest BCUT2D eigenvalue weighted by atomic mass is 32.1. The van der Waals surface area contributed by atoms with Crippen molar-refractivity contribution in [1.82, 2.24) is 24.8 Å². The van der Waals surface area contributed by atoms with Crippen molar-refractivity contribution in [3.63, 3.8) is 0 Å². The first-order valence-electron chi connectivity index (χ1n) is 16.7. The molecule has 250 valence electrons. The molecule has 5 aliphatic rings. The molecule has 1 aromatic carbocycles. The molecule has 3 aromatic heterocycles. The maximum Gasteiger partial charge on any atom is 0.228 e. The number of likely N-dealkylation sites (N-methyl/N-ethyl adjacent to an activating group) is 1. The first-order valence-corrected chi connectivity index (χ1v) is 17.6. The number of nitriles is 1. The van der Waals surface area contributed by atoms with Crippen LogP contribution in [0.15, 0.2) is 6.20 Å². The van der Waals surface area contributed by atoms with E-state index in [9.17, 15) is 5.26 Å². The number of aromatic nitrogens is 3. The van der Waals surface area contributed by atoms with Crippen molar-refractivity contribution in [3.8, 4) is 17.3 Å². The van der Waals surface area contributed by atoms with Gasteiger partial charge in [0.1, 0.15) is 22.4 Å². The Morgan fingerprint density at radius 2 is 1.83 bits per heavy atom. The highest BCUT2D eigenvalue weighted by Gasteiger charge is 2.44. The first kappa shape index (κ1) is 30.3. The molecule has 11 nitrogen and oxygen atoms in total. The SMILES string of the molecule is CN(C)[C@H]1CCN(c2nc(N3C4CCC3CN(C[C@H]3CCO3)C4)c3c4c(c(-c5ncc(F)c6sc(N)c(C#N)c56)c(F)c3n2)COC4)C1. The summed E-state index contributed by atoms with van der Waals surface area (Å²) in [4.78, 5) is 24.0. The van der Waals surface area contributed by atoms with Crippen LogP contribution in [0, 0.1) is 23.0 Å². The number of rotatable bonds is 6. The Morgan fingerprint density at radius 1 is 1.06 bits per heavy atom. The van der Waals surface area contributed by atoms with Gasteiger partial charge in [-0.05, 0) is 50.9 Å². The van der Waals surface area contributed by atoms with Crippen LogP contribution >= 0.6 is 11.3 Å². The second-order valence-corrected chi connectivity index (χ2v) is 15.0. The van der Waals surface area contributed by atoms with Crippen LogP contribution in [0.3, 0.4) is 0 Å². The van der Waals surface area contributed by atoms with Gasteiger partial charge in [0.2, 0.25) is 5.95 Å². The molecule has 0 saturated carbocycles. The molecule has 9 rings (SSSR count). The van der Waals surface area contributed by atoms with Gasteiger partial charge in [-0.15, -0.1) is 11.3 Å². The van der Waals surface area contributed by atoms with Crippen molar-refractivity contribution >= 4 is 49.1 Å². The van der Waals surface area contributed by atoms with E-state index in [0.29, 0.717) is 29.0 Å². The minimum absolute atomic E-state index is 0.0989. The number of nitrogens with zero attached hydrogens (tertiary/aromatic N) is 8. The van der Waals surface area contributed by atoms with Crippen molar-refractivity contribution in [2.24, 2.45) is 0 Å². The maximum atomic E-state index is 17.5. The van der Waals surface area contributed by atoms with E-state index in [1.807, 2.05) is 0 Å². The summed E-state index contributed by atoms with van der Waals surface area (Å²) >= 11 is 0.972. The monoisotopic (exact) mass is 673 g/mol. The smallest absolute Gasteiger partial charge is 0.228 e. The summed E-state index contributed by atoms with van der Waals surface area (Å²) in [6.07, 6.45) is 5.52. The number of nitrogen functional groups attached to an aromatic ring is 1. The average Bonchev–Trinajstić information content (AvgIpc) is 3.85. The molecule has 0 aliphatic carbocycles. The fraction of sp³-hybridized carbons (Fsp3) is 0.529. The topological polar surface area (TPSA) is 120 Å². The van der Waals surface area contributed by atoms with Crippen molar-refractivity contribution in [3.05, 3.63) is 34.5 Å². The summed E-state index contributed by atoms with van der Waals surface area (Å²) in [7, 11) is 4.15. The number of hydrogen-bond acceptors (Lipinski definition) is 12. The molecule has 2 bridgehead atoms. The normalized spacial score (nSPS) is 25.4. The van der Waals surface area contributed by atoms with Gasteiger partial charge in [0, 0.05) is 68.4 Å². The second kappa shape index (κ2) is 11.4. The van der Waals surface area contributed by atoms with Crippen molar-refractivity contribution in [2.75, 3.05) is 69.0 Å². The van der Waals surface area contributed by atoms with Crippen LogP contribution in [0.25, 0.3) is 32.2 Å². The zero-order valence-electron chi connectivity index (χ0n) is 27.0. The third kappa shape index (κ3) is 4.59. The van der Waals surface area contributed by atoms with E-state index >= 15 is 8.78 Å². The van der Waals surface area contributed by atoms with Gasteiger partial charge in [-0.25, -0.2) is 13.8 Å². The van der Waals surface area contributed by atoms with Gasteiger partial charge in [-0.1, -0.05) is 0 Å². The number of halogens is 2. The maximum absolute atomic E-state index is 17.5. The molecule has 0 spiro atoms. The third-order valence-electron chi connectivity index (χ3n) is 11.0. The highest BCUT2D eigenvalue weighted by molar-refractivity contribution is 7.23. The first-order chi connectivity index (χ1) is 23.3. The summed E-state index contributed by atoms with van der Waals surface area (Å²) < 4.78 is 44.5. The van der Waals surface area contributed by atoms with Gasteiger partial charge < -0.3 is 29.9 Å².